The fourth-order valence-electron chi connectivity index (χ4n) is 5.62. The highest BCUT2D eigenvalue weighted by Crippen LogP contribution is 2.41. The highest BCUT2D eigenvalue weighted by atomic mass is 79.9. The molecule has 4 aromatic rings. The number of carbonyl (C=O) groups excluding carboxylic acids is 1. The van der Waals surface area contributed by atoms with Gasteiger partial charge in [-0.15, -0.1) is 0 Å². The highest BCUT2D eigenvalue weighted by molar-refractivity contribution is 9.09. The first-order valence-corrected chi connectivity index (χ1v) is 13.2. The Hall–Kier alpha value is -3.03. The third kappa shape index (κ3) is 3.21. The molecule has 4 heterocycles. The van der Waals surface area contributed by atoms with E-state index in [4.69, 9.17) is 9.72 Å². The van der Waals surface area contributed by atoms with Gasteiger partial charge >= 0.3 is 5.97 Å². The van der Waals surface area contributed by atoms with Crippen LogP contribution in [-0.2, 0) is 34.7 Å². The van der Waals surface area contributed by atoms with Gasteiger partial charge in [0.15, 0.2) is 5.60 Å². The number of cyclic esters (lactones) is 1. The van der Waals surface area contributed by atoms with E-state index in [0.29, 0.717) is 23.4 Å². The maximum atomic E-state index is 13.6. The second kappa shape index (κ2) is 8.28. The minimum atomic E-state index is -1.82. The summed E-state index contributed by atoms with van der Waals surface area (Å²) in [6, 6.07) is 14.3. The number of nitrogens with zero attached hydrogens (tertiary/aromatic N) is 2. The van der Waals surface area contributed by atoms with Crippen molar-refractivity contribution in [2.75, 3.05) is 5.33 Å². The van der Waals surface area contributed by atoms with Crippen molar-refractivity contribution in [1.82, 2.24) is 9.55 Å². The van der Waals surface area contributed by atoms with Crippen LogP contribution in [-0.4, -0.2) is 26.0 Å². The highest BCUT2D eigenvalue weighted by Gasteiger charge is 2.45. The second-order valence-electron chi connectivity index (χ2n) is 9.35. The van der Waals surface area contributed by atoms with Gasteiger partial charge in [-0.2, -0.15) is 0 Å². The molecule has 6 nitrogen and oxygen atoms in total. The number of aromatic nitrogens is 2. The third-order valence-electron chi connectivity index (χ3n) is 7.50. The number of hydrogen-bond acceptors (Lipinski definition) is 5. The summed E-state index contributed by atoms with van der Waals surface area (Å²) in [6.07, 6.45) is 3.07. The van der Waals surface area contributed by atoms with Gasteiger partial charge in [0.25, 0.3) is 5.56 Å². The van der Waals surface area contributed by atoms with E-state index in [-0.39, 0.29) is 18.6 Å². The maximum absolute atomic E-state index is 13.6. The van der Waals surface area contributed by atoms with Gasteiger partial charge in [-0.05, 0) is 54.2 Å². The number of halogens is 1. The first-order chi connectivity index (χ1) is 17.0. The summed E-state index contributed by atoms with van der Waals surface area (Å²) >= 11 is 3.55. The van der Waals surface area contributed by atoms with Crippen molar-refractivity contribution < 1.29 is 14.6 Å². The molecule has 35 heavy (non-hydrogen) atoms. The summed E-state index contributed by atoms with van der Waals surface area (Å²) in [5, 5.41) is 15.6. The number of hydrogen-bond donors (Lipinski definition) is 1. The topological polar surface area (TPSA) is 81.4 Å². The third-order valence-corrected chi connectivity index (χ3v) is 8.06. The van der Waals surface area contributed by atoms with Crippen LogP contribution in [0.25, 0.3) is 33.1 Å². The lowest BCUT2D eigenvalue weighted by atomic mass is 9.86. The van der Waals surface area contributed by atoms with Crippen LogP contribution < -0.4 is 5.56 Å². The standard InChI is InChI=1S/C28H25BrN2O4/c1-2-28(34)21-13-23-25-19(14-31(23)26(32)20(21)15-35-27(28)33)18(9-5-6-12-29)24-17-8-4-3-7-16(17)10-11-22(24)30-25/h3-4,7-8,10-11,13,34H,2,5-6,9,12,14-15H2,1H3/t28-/m0/s1. The van der Waals surface area contributed by atoms with E-state index in [2.05, 4.69) is 34.1 Å². The maximum Gasteiger partial charge on any atom is 0.343 e. The van der Waals surface area contributed by atoms with Gasteiger partial charge in [-0.1, -0.05) is 53.2 Å². The quantitative estimate of drug-likeness (QED) is 0.150. The summed E-state index contributed by atoms with van der Waals surface area (Å²) in [6.45, 7) is 2.02. The van der Waals surface area contributed by atoms with Crippen LogP contribution in [0.5, 0.6) is 0 Å². The molecule has 2 aliphatic rings. The van der Waals surface area contributed by atoms with Crippen molar-refractivity contribution >= 4 is 43.6 Å². The number of aryl methyl sites for hydroxylation is 1. The molecule has 0 amide bonds. The number of pyridine rings is 2. The van der Waals surface area contributed by atoms with Crippen LogP contribution in [0, 0.1) is 0 Å². The van der Waals surface area contributed by atoms with Gasteiger partial charge in [0.1, 0.15) is 6.61 Å². The molecule has 0 fully saturated rings. The molecule has 0 saturated carbocycles. The normalized spacial score (nSPS) is 18.4. The molecule has 2 aromatic carbocycles. The number of unbranched alkanes of at least 4 members (excludes halogenated alkanes) is 1. The van der Waals surface area contributed by atoms with Gasteiger partial charge in [0.2, 0.25) is 0 Å². The Labute approximate surface area is 210 Å². The van der Waals surface area contributed by atoms with Gasteiger partial charge in [-0.25, -0.2) is 9.78 Å². The Bertz CT molecular complexity index is 1590. The fourth-order valence-corrected chi connectivity index (χ4v) is 6.01. The monoisotopic (exact) mass is 532 g/mol. The van der Waals surface area contributed by atoms with Crippen molar-refractivity contribution in [3.8, 4) is 11.4 Å². The lowest BCUT2D eigenvalue weighted by molar-refractivity contribution is -0.172. The van der Waals surface area contributed by atoms with E-state index in [0.717, 1.165) is 57.5 Å². The van der Waals surface area contributed by atoms with Crippen LogP contribution in [0.4, 0.5) is 0 Å². The zero-order valence-electron chi connectivity index (χ0n) is 19.4. The van der Waals surface area contributed by atoms with E-state index in [1.54, 1.807) is 17.6 Å². The van der Waals surface area contributed by atoms with Crippen molar-refractivity contribution in [1.29, 1.82) is 0 Å². The second-order valence-corrected chi connectivity index (χ2v) is 10.1. The predicted molar refractivity (Wildman–Crippen MR) is 139 cm³/mol. The number of alkyl halides is 1. The molecule has 2 aromatic heterocycles. The molecule has 178 valence electrons. The van der Waals surface area contributed by atoms with E-state index < -0.39 is 11.6 Å². The number of rotatable bonds is 5. The van der Waals surface area contributed by atoms with Crippen LogP contribution in [0.1, 0.15) is 48.4 Å². The average molecular weight is 533 g/mol. The first-order valence-electron chi connectivity index (χ1n) is 12.0. The first kappa shape index (κ1) is 22.4. The van der Waals surface area contributed by atoms with Gasteiger partial charge < -0.3 is 14.4 Å². The summed E-state index contributed by atoms with van der Waals surface area (Å²) in [5.74, 6) is -0.705. The van der Waals surface area contributed by atoms with Crippen LogP contribution in [0.15, 0.2) is 47.3 Å². The Kier molecular flexibility index (Phi) is 5.31. The van der Waals surface area contributed by atoms with Crippen molar-refractivity contribution in [2.45, 2.75) is 51.4 Å². The average Bonchev–Trinajstić information content (AvgIpc) is 3.25. The predicted octanol–water partition coefficient (Wildman–Crippen LogP) is 4.95. The zero-order valence-corrected chi connectivity index (χ0v) is 21.0. The Balaban J connectivity index is 1.65. The number of benzene rings is 2. The number of esters is 1. The molecule has 1 N–H and O–H groups in total. The van der Waals surface area contributed by atoms with E-state index in [1.807, 2.05) is 18.2 Å². The zero-order chi connectivity index (χ0) is 24.3. The summed E-state index contributed by atoms with van der Waals surface area (Å²) in [7, 11) is 0. The molecular weight excluding hydrogens is 508 g/mol. The SMILES string of the molecule is CC[C@@]1(O)C(=O)OCc2c1cc1n(c2=O)Cc2c-1nc1ccc3ccccc3c1c2CCCCBr. The van der Waals surface area contributed by atoms with Crippen LogP contribution in [0.3, 0.4) is 0 Å². The minimum absolute atomic E-state index is 0.121. The molecule has 0 unspecified atom stereocenters. The molecule has 0 spiro atoms. The molecule has 6 rings (SSSR count). The Morgan fingerprint density at radius 2 is 1.97 bits per heavy atom. The number of fused-ring (bicyclic) bond motifs is 7. The molecule has 2 aliphatic heterocycles. The van der Waals surface area contributed by atoms with Crippen molar-refractivity contribution in [2.24, 2.45) is 0 Å². The summed E-state index contributed by atoms with van der Waals surface area (Å²) in [5.41, 5.74) is 3.23. The molecule has 1 atom stereocenters. The minimum Gasteiger partial charge on any atom is -0.458 e. The Morgan fingerprint density at radius 1 is 1.14 bits per heavy atom. The number of ether oxygens (including phenoxy) is 1. The van der Waals surface area contributed by atoms with E-state index in [9.17, 15) is 14.7 Å². The lowest BCUT2D eigenvalue weighted by Gasteiger charge is -2.31. The molecule has 0 saturated heterocycles. The largest absolute Gasteiger partial charge is 0.458 e. The van der Waals surface area contributed by atoms with E-state index >= 15 is 0 Å². The van der Waals surface area contributed by atoms with Gasteiger partial charge in [0.05, 0.1) is 29.0 Å². The molecule has 0 aliphatic carbocycles. The summed E-state index contributed by atoms with van der Waals surface area (Å²) in [4.78, 5) is 31.1. The fraction of sp³-hybridized carbons (Fsp3) is 0.321. The lowest BCUT2D eigenvalue weighted by Crippen LogP contribution is -2.44. The molecule has 0 bridgehead atoms. The van der Waals surface area contributed by atoms with Gasteiger partial charge in [-0.3, -0.25) is 4.79 Å². The van der Waals surface area contributed by atoms with Gasteiger partial charge in [0, 0.05) is 21.8 Å². The number of aliphatic hydroxyl groups is 1. The van der Waals surface area contributed by atoms with Crippen molar-refractivity contribution in [3.05, 3.63) is 75.1 Å². The van der Waals surface area contributed by atoms with Crippen LogP contribution >= 0.6 is 15.9 Å². The van der Waals surface area contributed by atoms with E-state index in [1.165, 1.54) is 5.56 Å². The smallest absolute Gasteiger partial charge is 0.343 e. The molecular formula is C28H25BrN2O4. The number of carbonyl (C=O) groups is 1. The van der Waals surface area contributed by atoms with Crippen LogP contribution in [0.2, 0.25) is 0 Å². The Morgan fingerprint density at radius 3 is 2.77 bits per heavy atom. The summed E-state index contributed by atoms with van der Waals surface area (Å²) < 4.78 is 6.93. The van der Waals surface area contributed by atoms with Crippen molar-refractivity contribution in [3.63, 3.8) is 0 Å². The molecule has 7 heteroatoms. The molecule has 0 radical (unpaired) electrons.